The van der Waals surface area contributed by atoms with E-state index in [1.807, 2.05) is 30.3 Å². The van der Waals surface area contributed by atoms with Gasteiger partial charge in [-0.05, 0) is 55.4 Å². The maximum Gasteiger partial charge on any atom is 0.407 e. The minimum Gasteiger partial charge on any atom is -0.465 e. The predicted octanol–water partition coefficient (Wildman–Crippen LogP) is 3.11. The fraction of sp³-hybridized carbons (Fsp3) is 0.611. The molecule has 0 aliphatic heterocycles. The Morgan fingerprint density at radius 3 is 2.32 bits per heavy atom. The van der Waals surface area contributed by atoms with E-state index in [0.717, 1.165) is 37.7 Å². The Hall–Kier alpha value is -1.55. The van der Waals surface area contributed by atoms with Crippen molar-refractivity contribution in [2.75, 3.05) is 0 Å². The van der Waals surface area contributed by atoms with Gasteiger partial charge in [0, 0.05) is 12.6 Å². The van der Waals surface area contributed by atoms with Crippen LogP contribution in [0, 0.1) is 17.8 Å². The van der Waals surface area contributed by atoms with Crippen molar-refractivity contribution < 1.29 is 15.0 Å². The summed E-state index contributed by atoms with van der Waals surface area (Å²) in [6.07, 6.45) is 3.84. The Kier molecular flexibility index (Phi) is 3.19. The van der Waals surface area contributed by atoms with Crippen LogP contribution in [-0.4, -0.2) is 32.8 Å². The Bertz CT molecular complexity index is 557. The fourth-order valence-electron chi connectivity index (χ4n) is 5.54. The molecule has 2 N–H and O–H groups in total. The van der Waals surface area contributed by atoms with Gasteiger partial charge in [0.05, 0.1) is 5.60 Å². The Morgan fingerprint density at radius 1 is 1.14 bits per heavy atom. The third kappa shape index (κ3) is 2.30. The summed E-state index contributed by atoms with van der Waals surface area (Å²) >= 11 is 0. The van der Waals surface area contributed by atoms with Crippen LogP contribution in [0.15, 0.2) is 30.3 Å². The number of rotatable bonds is 3. The molecule has 4 nitrogen and oxygen atoms in total. The molecule has 4 saturated carbocycles. The van der Waals surface area contributed by atoms with Crippen LogP contribution in [0.4, 0.5) is 4.79 Å². The van der Waals surface area contributed by atoms with E-state index in [9.17, 15) is 15.0 Å². The molecule has 4 aliphatic rings. The van der Waals surface area contributed by atoms with E-state index in [2.05, 4.69) is 0 Å². The number of carbonyl (C=O) groups is 1. The van der Waals surface area contributed by atoms with Crippen LogP contribution >= 0.6 is 0 Å². The number of aliphatic hydroxyl groups is 1. The largest absolute Gasteiger partial charge is 0.465 e. The lowest BCUT2D eigenvalue weighted by molar-refractivity contribution is -0.156. The summed E-state index contributed by atoms with van der Waals surface area (Å²) in [7, 11) is 0. The van der Waals surface area contributed by atoms with E-state index in [0.29, 0.717) is 24.3 Å². The number of hydrogen-bond donors (Lipinski definition) is 2. The van der Waals surface area contributed by atoms with Gasteiger partial charge in [-0.15, -0.1) is 0 Å². The smallest absolute Gasteiger partial charge is 0.407 e. The lowest BCUT2D eigenvalue weighted by Crippen LogP contribution is -2.62. The van der Waals surface area contributed by atoms with E-state index in [-0.39, 0.29) is 6.04 Å². The second-order valence-corrected chi connectivity index (χ2v) is 7.58. The summed E-state index contributed by atoms with van der Waals surface area (Å²) in [6.45, 7) is 0.455. The molecule has 4 heteroatoms. The SMILES string of the molecule is O=C(O)N(Cc1ccccc1)[C@H]1[C@@H]2C[C@H]3C[C@H]1C[C@@](O)(C3)C2. The zero-order chi connectivity index (χ0) is 15.3. The summed E-state index contributed by atoms with van der Waals surface area (Å²) < 4.78 is 0. The Morgan fingerprint density at radius 2 is 1.77 bits per heavy atom. The summed E-state index contributed by atoms with van der Waals surface area (Å²) in [5.41, 5.74) is 0.529. The maximum atomic E-state index is 11.9. The normalized spacial score (nSPS) is 39.0. The highest BCUT2D eigenvalue weighted by Gasteiger charge is 2.56. The van der Waals surface area contributed by atoms with Crippen molar-refractivity contribution >= 4 is 6.09 Å². The second kappa shape index (κ2) is 4.98. The minimum absolute atomic E-state index is 0.0783. The molecular formula is C18H23NO3. The number of carboxylic acid groups (broad SMARTS) is 1. The van der Waals surface area contributed by atoms with Gasteiger partial charge in [0.2, 0.25) is 0 Å². The molecule has 0 heterocycles. The van der Waals surface area contributed by atoms with Gasteiger partial charge in [-0.1, -0.05) is 30.3 Å². The van der Waals surface area contributed by atoms with E-state index >= 15 is 0 Å². The zero-order valence-corrected chi connectivity index (χ0v) is 12.7. The first-order chi connectivity index (χ1) is 10.5. The van der Waals surface area contributed by atoms with Crippen LogP contribution in [0.1, 0.15) is 37.7 Å². The highest BCUT2D eigenvalue weighted by Crippen LogP contribution is 2.57. The van der Waals surface area contributed by atoms with E-state index in [1.165, 1.54) is 0 Å². The summed E-state index contributed by atoms with van der Waals surface area (Å²) in [6, 6.07) is 9.91. The molecule has 0 spiro atoms. The van der Waals surface area contributed by atoms with Crippen molar-refractivity contribution in [1.82, 2.24) is 4.90 Å². The third-order valence-corrected chi connectivity index (χ3v) is 5.99. The predicted molar refractivity (Wildman–Crippen MR) is 82.3 cm³/mol. The quantitative estimate of drug-likeness (QED) is 0.902. The van der Waals surface area contributed by atoms with Crippen molar-refractivity contribution in [1.29, 1.82) is 0 Å². The summed E-state index contributed by atoms with van der Waals surface area (Å²) in [4.78, 5) is 13.5. The number of nitrogens with zero attached hydrogens (tertiary/aromatic N) is 1. The minimum atomic E-state index is -0.826. The van der Waals surface area contributed by atoms with Crippen LogP contribution in [0.5, 0.6) is 0 Å². The molecule has 0 radical (unpaired) electrons. The molecule has 0 saturated heterocycles. The van der Waals surface area contributed by atoms with Gasteiger partial charge in [-0.2, -0.15) is 0 Å². The van der Waals surface area contributed by atoms with Crippen molar-refractivity contribution in [3.63, 3.8) is 0 Å². The van der Waals surface area contributed by atoms with Crippen molar-refractivity contribution in [3.8, 4) is 0 Å². The van der Waals surface area contributed by atoms with Crippen LogP contribution < -0.4 is 0 Å². The number of amides is 1. The van der Waals surface area contributed by atoms with Gasteiger partial charge in [-0.3, -0.25) is 0 Å². The molecule has 5 atom stereocenters. The lowest BCUT2D eigenvalue weighted by Gasteiger charge is -2.59. The molecule has 4 fully saturated rings. The van der Waals surface area contributed by atoms with Gasteiger partial charge >= 0.3 is 6.09 Å². The van der Waals surface area contributed by atoms with Crippen LogP contribution in [0.2, 0.25) is 0 Å². The molecule has 1 amide bonds. The Balaban J connectivity index is 1.60. The van der Waals surface area contributed by atoms with E-state index < -0.39 is 11.7 Å². The molecule has 22 heavy (non-hydrogen) atoms. The van der Waals surface area contributed by atoms with Crippen LogP contribution in [-0.2, 0) is 6.54 Å². The van der Waals surface area contributed by atoms with Gasteiger partial charge < -0.3 is 15.1 Å². The standard InChI is InChI=1S/C18H23NO3/c20-17(21)19(11-12-4-2-1-3-5-12)16-14-6-13-7-15(16)10-18(22,8-13)9-14/h1-5,13-16,22H,6-11H2,(H,20,21)/t13-,14+,15-,16-,18+. The molecule has 118 valence electrons. The van der Waals surface area contributed by atoms with Crippen molar-refractivity contribution in [2.45, 2.75) is 50.3 Å². The van der Waals surface area contributed by atoms with Crippen molar-refractivity contribution in [2.24, 2.45) is 17.8 Å². The van der Waals surface area contributed by atoms with Crippen LogP contribution in [0.3, 0.4) is 0 Å². The van der Waals surface area contributed by atoms with E-state index in [1.54, 1.807) is 4.90 Å². The highest BCUT2D eigenvalue weighted by molar-refractivity contribution is 5.65. The molecule has 0 unspecified atom stereocenters. The third-order valence-electron chi connectivity index (χ3n) is 5.99. The molecule has 1 aromatic carbocycles. The molecule has 1 aromatic rings. The maximum absolute atomic E-state index is 11.9. The molecular weight excluding hydrogens is 278 g/mol. The first-order valence-electron chi connectivity index (χ1n) is 8.30. The molecule has 4 aliphatic carbocycles. The number of benzene rings is 1. The Labute approximate surface area is 130 Å². The molecule has 5 rings (SSSR count). The zero-order valence-electron chi connectivity index (χ0n) is 12.7. The summed E-state index contributed by atoms with van der Waals surface area (Å²) in [5.74, 6) is 1.26. The highest BCUT2D eigenvalue weighted by atomic mass is 16.4. The molecule has 0 aromatic heterocycles. The average Bonchev–Trinajstić information content (AvgIpc) is 2.44. The molecule has 4 bridgehead atoms. The topological polar surface area (TPSA) is 60.8 Å². The first-order valence-corrected chi connectivity index (χ1v) is 8.30. The monoisotopic (exact) mass is 301 g/mol. The average molecular weight is 301 g/mol. The van der Waals surface area contributed by atoms with Gasteiger partial charge in [-0.25, -0.2) is 4.79 Å². The summed E-state index contributed by atoms with van der Waals surface area (Å²) in [5, 5.41) is 20.4. The van der Waals surface area contributed by atoms with Gasteiger partial charge in [0.25, 0.3) is 0 Å². The fourth-order valence-corrected chi connectivity index (χ4v) is 5.54. The van der Waals surface area contributed by atoms with Crippen LogP contribution in [0.25, 0.3) is 0 Å². The lowest BCUT2D eigenvalue weighted by atomic mass is 9.52. The van der Waals surface area contributed by atoms with Gasteiger partial charge in [0.15, 0.2) is 0 Å². The van der Waals surface area contributed by atoms with Crippen molar-refractivity contribution in [3.05, 3.63) is 35.9 Å². The van der Waals surface area contributed by atoms with E-state index in [4.69, 9.17) is 0 Å². The second-order valence-electron chi connectivity index (χ2n) is 7.58. The number of hydrogen-bond acceptors (Lipinski definition) is 2. The van der Waals surface area contributed by atoms with Gasteiger partial charge in [0.1, 0.15) is 0 Å². The first kappa shape index (κ1) is 14.1.